The fourth-order valence-electron chi connectivity index (χ4n) is 5.84. The summed E-state index contributed by atoms with van der Waals surface area (Å²) in [5.41, 5.74) is 10.0. The van der Waals surface area contributed by atoms with Gasteiger partial charge in [-0.1, -0.05) is 67.1 Å². The van der Waals surface area contributed by atoms with Crippen molar-refractivity contribution in [2.24, 2.45) is 7.05 Å². The number of aryl methyl sites for hydroxylation is 2. The van der Waals surface area contributed by atoms with Crippen LogP contribution in [0.5, 0.6) is 0 Å². The molecule has 1 amide bonds. The van der Waals surface area contributed by atoms with Crippen LogP contribution in [0.25, 0.3) is 22.3 Å². The maximum Gasteiger partial charge on any atom is 0.270 e. The Morgan fingerprint density at radius 3 is 2.43 bits per heavy atom. The predicted molar refractivity (Wildman–Crippen MR) is 185 cm³/mol. The molecule has 1 N–H and O–H groups in total. The molecular formula is C37H43ClN6O2. The number of nitrogens with zero attached hydrogens (tertiary/aromatic N) is 5. The minimum Gasteiger partial charge on any atom is -0.359 e. The second kappa shape index (κ2) is 14.9. The largest absolute Gasteiger partial charge is 0.359 e. The summed E-state index contributed by atoms with van der Waals surface area (Å²) >= 11 is 6.81. The van der Waals surface area contributed by atoms with Crippen molar-refractivity contribution in [3.05, 3.63) is 118 Å². The van der Waals surface area contributed by atoms with Gasteiger partial charge in [-0.25, -0.2) is 4.68 Å². The van der Waals surface area contributed by atoms with Gasteiger partial charge in [0.15, 0.2) is 0 Å². The monoisotopic (exact) mass is 638 g/mol. The quantitative estimate of drug-likeness (QED) is 0.136. The highest BCUT2D eigenvalue weighted by atomic mass is 35.5. The Morgan fingerprint density at radius 2 is 1.74 bits per heavy atom. The van der Waals surface area contributed by atoms with Crippen molar-refractivity contribution in [2.45, 2.75) is 52.9 Å². The summed E-state index contributed by atoms with van der Waals surface area (Å²) in [6.45, 7) is 8.18. The van der Waals surface area contributed by atoms with Crippen molar-refractivity contribution in [3.8, 4) is 22.3 Å². The molecule has 0 aliphatic heterocycles. The number of nitrogens with one attached hydrogen (secondary N) is 1. The van der Waals surface area contributed by atoms with Crippen molar-refractivity contribution in [3.63, 3.8) is 0 Å². The number of hydrogen-bond acceptors (Lipinski definition) is 5. The van der Waals surface area contributed by atoms with Crippen LogP contribution in [0.4, 0.5) is 0 Å². The lowest BCUT2D eigenvalue weighted by Crippen LogP contribution is -2.31. The van der Waals surface area contributed by atoms with E-state index in [-0.39, 0.29) is 11.9 Å². The van der Waals surface area contributed by atoms with Gasteiger partial charge in [0.25, 0.3) is 5.91 Å². The molecule has 2 aromatic heterocycles. The fraction of sp³-hybridized carbons (Fsp3) is 0.324. The van der Waals surface area contributed by atoms with E-state index in [4.69, 9.17) is 21.4 Å². The van der Waals surface area contributed by atoms with E-state index in [9.17, 15) is 4.79 Å². The van der Waals surface area contributed by atoms with E-state index in [1.807, 2.05) is 17.7 Å². The van der Waals surface area contributed by atoms with Crippen molar-refractivity contribution in [1.29, 1.82) is 0 Å². The first-order valence-corrected chi connectivity index (χ1v) is 16.1. The molecule has 5 aromatic rings. The molecule has 0 spiro atoms. The van der Waals surface area contributed by atoms with Gasteiger partial charge in [-0.3, -0.25) is 9.48 Å². The van der Waals surface area contributed by atoms with Crippen LogP contribution in [0.15, 0.2) is 79.0 Å². The third-order valence-electron chi connectivity index (χ3n) is 8.13. The molecule has 0 fully saturated rings. The maximum absolute atomic E-state index is 13.5. The highest BCUT2D eigenvalue weighted by Crippen LogP contribution is 2.32. The second-order valence-corrected chi connectivity index (χ2v) is 12.4. The summed E-state index contributed by atoms with van der Waals surface area (Å²) in [7, 11) is 5.90. The highest BCUT2D eigenvalue weighted by Gasteiger charge is 2.21. The molecule has 0 radical (unpaired) electrons. The molecule has 8 nitrogen and oxygen atoms in total. The lowest BCUT2D eigenvalue weighted by molar-refractivity contribution is 0.0678. The number of rotatable bonds is 13. The molecule has 3 aromatic carbocycles. The zero-order chi connectivity index (χ0) is 32.8. The van der Waals surface area contributed by atoms with Gasteiger partial charge in [-0.2, -0.15) is 10.2 Å². The minimum atomic E-state index is -0.336. The second-order valence-electron chi connectivity index (χ2n) is 12.0. The molecule has 1 unspecified atom stereocenters. The Morgan fingerprint density at radius 1 is 1.00 bits per heavy atom. The van der Waals surface area contributed by atoms with Crippen LogP contribution in [-0.4, -0.2) is 51.1 Å². The maximum atomic E-state index is 13.5. The van der Waals surface area contributed by atoms with Gasteiger partial charge >= 0.3 is 0 Å². The molecule has 2 heterocycles. The van der Waals surface area contributed by atoms with Gasteiger partial charge in [0.1, 0.15) is 12.4 Å². The first kappa shape index (κ1) is 33.1. The van der Waals surface area contributed by atoms with Gasteiger partial charge in [-0.15, -0.1) is 0 Å². The van der Waals surface area contributed by atoms with Crippen LogP contribution < -0.4 is 5.32 Å². The van der Waals surface area contributed by atoms with Crippen molar-refractivity contribution in [2.75, 3.05) is 20.7 Å². The van der Waals surface area contributed by atoms with Gasteiger partial charge in [0.2, 0.25) is 0 Å². The van der Waals surface area contributed by atoms with Crippen LogP contribution in [-0.2, 0) is 31.5 Å². The van der Waals surface area contributed by atoms with Crippen LogP contribution in [0.1, 0.15) is 58.0 Å². The third-order valence-corrected chi connectivity index (χ3v) is 8.50. The number of ether oxygens (including phenoxy) is 1. The standard InChI is InChI=1S/C37H43ClN6O2/c1-7-19-46-24-44-26(3)36(25(2)41-44)29-13-11-28(12-14-29)34(40-37(45)35-17-18-39-43(35)6)22-32-21-31(15-16-33(32)38)30-10-8-9-27(20-30)23-42(4)5/h8-18,20-21,34H,7,19,22-24H2,1-6H3,(H,40,45). The Kier molecular flexibility index (Phi) is 10.7. The molecular weight excluding hydrogens is 596 g/mol. The highest BCUT2D eigenvalue weighted by molar-refractivity contribution is 6.31. The number of carbonyl (C=O) groups is 1. The Bertz CT molecular complexity index is 1790. The summed E-state index contributed by atoms with van der Waals surface area (Å²) in [5.74, 6) is -0.196. The molecule has 0 bridgehead atoms. The van der Waals surface area contributed by atoms with E-state index < -0.39 is 0 Å². The predicted octanol–water partition coefficient (Wildman–Crippen LogP) is 7.38. The number of hydrogen-bond donors (Lipinski definition) is 1. The number of halogens is 1. The van der Waals surface area contributed by atoms with Crippen molar-refractivity contribution < 1.29 is 9.53 Å². The van der Waals surface area contributed by atoms with Crippen molar-refractivity contribution in [1.82, 2.24) is 29.8 Å². The average Bonchev–Trinajstić information content (AvgIpc) is 3.59. The van der Waals surface area contributed by atoms with Crippen LogP contribution in [0, 0.1) is 13.8 Å². The zero-order valence-electron chi connectivity index (χ0n) is 27.5. The first-order chi connectivity index (χ1) is 22.1. The normalized spacial score (nSPS) is 12.1. The molecule has 0 aliphatic carbocycles. The van der Waals surface area contributed by atoms with E-state index in [2.05, 4.69) is 104 Å². The molecule has 46 heavy (non-hydrogen) atoms. The lowest BCUT2D eigenvalue weighted by atomic mass is 9.93. The average molecular weight is 639 g/mol. The summed E-state index contributed by atoms with van der Waals surface area (Å²) in [6.07, 6.45) is 3.10. The molecule has 0 saturated carbocycles. The number of amides is 1. The third kappa shape index (κ3) is 7.76. The first-order valence-electron chi connectivity index (χ1n) is 15.7. The molecule has 1 atom stereocenters. The number of aromatic nitrogens is 4. The summed E-state index contributed by atoms with van der Waals surface area (Å²) in [6, 6.07) is 24.4. The van der Waals surface area contributed by atoms with E-state index in [1.165, 1.54) is 5.56 Å². The Hall–Kier alpha value is -4.24. The minimum absolute atomic E-state index is 0.196. The van der Waals surface area contributed by atoms with Crippen LogP contribution >= 0.6 is 11.6 Å². The Balaban J connectivity index is 1.46. The van der Waals surface area contributed by atoms with Gasteiger partial charge in [-0.05, 0) is 98.4 Å². The number of benzene rings is 3. The number of carbonyl (C=O) groups excluding carboxylic acids is 1. The van der Waals surface area contributed by atoms with Crippen molar-refractivity contribution >= 4 is 17.5 Å². The molecule has 0 saturated heterocycles. The van der Waals surface area contributed by atoms with E-state index in [0.29, 0.717) is 30.5 Å². The molecule has 240 valence electrons. The van der Waals surface area contributed by atoms with E-state index in [0.717, 1.165) is 57.7 Å². The van der Waals surface area contributed by atoms with Gasteiger partial charge in [0, 0.05) is 42.7 Å². The van der Waals surface area contributed by atoms with Gasteiger partial charge in [0.05, 0.1) is 11.7 Å². The van der Waals surface area contributed by atoms with Gasteiger partial charge < -0.3 is 15.0 Å². The topological polar surface area (TPSA) is 77.2 Å². The van der Waals surface area contributed by atoms with Crippen LogP contribution in [0.3, 0.4) is 0 Å². The lowest BCUT2D eigenvalue weighted by Gasteiger charge is -2.21. The zero-order valence-corrected chi connectivity index (χ0v) is 28.3. The Labute approximate surface area is 277 Å². The molecule has 0 aliphatic rings. The fourth-order valence-corrected chi connectivity index (χ4v) is 6.04. The smallest absolute Gasteiger partial charge is 0.270 e. The molecule has 9 heteroatoms. The summed E-state index contributed by atoms with van der Waals surface area (Å²) in [4.78, 5) is 15.6. The van der Waals surface area contributed by atoms with E-state index >= 15 is 0 Å². The van der Waals surface area contributed by atoms with E-state index in [1.54, 1.807) is 24.0 Å². The molecule has 5 rings (SSSR count). The van der Waals surface area contributed by atoms with Crippen LogP contribution in [0.2, 0.25) is 5.02 Å². The summed E-state index contributed by atoms with van der Waals surface area (Å²) in [5, 5.41) is 12.8. The summed E-state index contributed by atoms with van der Waals surface area (Å²) < 4.78 is 9.24. The SMILES string of the molecule is CCCOCn1nc(C)c(-c2ccc(C(Cc3cc(-c4cccc(CN(C)C)c4)ccc3Cl)NC(=O)c3ccnn3C)cc2)c1C.